The largest absolute Gasteiger partial charge is 0.475 e. The summed E-state index contributed by atoms with van der Waals surface area (Å²) < 4.78 is 9.30. The molecule has 1 aliphatic heterocycles. The number of allylic oxidation sites excluding steroid dienone is 2. The van der Waals surface area contributed by atoms with Crippen LogP contribution in [0.2, 0.25) is 0 Å². The molecule has 1 aliphatic rings. The molecule has 0 fully saturated rings. The molecule has 0 atom stereocenters. The first-order chi connectivity index (χ1) is 4.80. The fourth-order valence-electron chi connectivity index (χ4n) is 0.500. The Morgan fingerprint density at radius 1 is 1.70 bits per heavy atom. The third-order valence-electron chi connectivity index (χ3n) is 0.916. The Labute approximate surface area is 57.4 Å². The van der Waals surface area contributed by atoms with Crippen LogP contribution in [0.1, 0.15) is 0 Å². The molecule has 1 rings (SSSR count). The van der Waals surface area contributed by atoms with Crippen molar-refractivity contribution in [1.29, 1.82) is 0 Å². The summed E-state index contributed by atoms with van der Waals surface area (Å²) in [6.07, 6.45) is 4.17. The van der Waals surface area contributed by atoms with E-state index in [-0.39, 0.29) is 12.6 Å². The summed E-state index contributed by atoms with van der Waals surface area (Å²) in [6.45, 7) is -0.0470. The van der Waals surface area contributed by atoms with Crippen LogP contribution in [-0.2, 0) is 14.3 Å². The molecule has 0 unspecified atom stereocenters. The van der Waals surface area contributed by atoms with Crippen molar-refractivity contribution in [2.75, 3.05) is 6.79 Å². The second-order valence-corrected chi connectivity index (χ2v) is 1.59. The molecule has 0 saturated heterocycles. The van der Waals surface area contributed by atoms with E-state index in [1.807, 2.05) is 0 Å². The highest BCUT2D eigenvalue weighted by Crippen LogP contribution is 2.01. The number of hydrogen-bond acceptors (Lipinski definition) is 3. The second-order valence-electron chi connectivity index (χ2n) is 1.59. The Morgan fingerprint density at radius 2 is 2.50 bits per heavy atom. The van der Waals surface area contributed by atoms with Crippen molar-refractivity contribution in [1.82, 2.24) is 0 Å². The van der Waals surface area contributed by atoms with Gasteiger partial charge in [-0.3, -0.25) is 0 Å². The van der Waals surface area contributed by atoms with Crippen molar-refractivity contribution in [3.05, 3.63) is 24.2 Å². The van der Waals surface area contributed by atoms with Gasteiger partial charge in [0.2, 0.25) is 12.6 Å². The van der Waals surface area contributed by atoms with Gasteiger partial charge in [-0.2, -0.15) is 0 Å². The van der Waals surface area contributed by atoms with E-state index in [4.69, 9.17) is 5.11 Å². The van der Waals surface area contributed by atoms with E-state index in [1.54, 1.807) is 0 Å². The molecular weight excluding hydrogens is 136 g/mol. The normalized spacial score (nSPS) is 16.2. The quantitative estimate of drug-likeness (QED) is 0.578. The standard InChI is InChI=1S/C6H6O4/c7-6(8)5-2-1-3-9-4-10-5/h1-3H,4H2,(H,7,8). The summed E-state index contributed by atoms with van der Waals surface area (Å²) in [5.41, 5.74) is 0. The molecule has 4 heteroatoms. The monoisotopic (exact) mass is 142 g/mol. The predicted octanol–water partition coefficient (Wildman–Crippen LogP) is 0.473. The molecule has 1 N–H and O–H groups in total. The summed E-state index contributed by atoms with van der Waals surface area (Å²) in [6, 6.07) is 0. The maximum Gasteiger partial charge on any atom is 0.371 e. The minimum Gasteiger partial charge on any atom is -0.475 e. The van der Waals surface area contributed by atoms with Crippen LogP contribution in [0, 0.1) is 0 Å². The predicted molar refractivity (Wildman–Crippen MR) is 31.9 cm³/mol. The van der Waals surface area contributed by atoms with E-state index in [0.717, 1.165) is 0 Å². The number of carbonyl (C=O) groups is 1. The van der Waals surface area contributed by atoms with Gasteiger partial charge in [-0.25, -0.2) is 4.79 Å². The molecule has 10 heavy (non-hydrogen) atoms. The lowest BCUT2D eigenvalue weighted by molar-refractivity contribution is -0.138. The Kier molecular flexibility index (Phi) is 1.94. The molecule has 0 aromatic rings. The third-order valence-corrected chi connectivity index (χ3v) is 0.916. The Hall–Kier alpha value is -1.45. The average Bonchev–Trinajstić information content (AvgIpc) is 2.12. The number of aliphatic carboxylic acids is 1. The smallest absolute Gasteiger partial charge is 0.371 e. The van der Waals surface area contributed by atoms with Gasteiger partial charge in [-0.1, -0.05) is 0 Å². The van der Waals surface area contributed by atoms with Crippen molar-refractivity contribution in [2.45, 2.75) is 0 Å². The number of carboxylic acid groups (broad SMARTS) is 1. The molecule has 0 spiro atoms. The molecule has 0 bridgehead atoms. The van der Waals surface area contributed by atoms with Gasteiger partial charge in [-0.15, -0.1) is 0 Å². The SMILES string of the molecule is O=C(O)C1=CC=COCO1. The lowest BCUT2D eigenvalue weighted by Crippen LogP contribution is -2.04. The van der Waals surface area contributed by atoms with Crippen molar-refractivity contribution in [3.8, 4) is 0 Å². The third kappa shape index (κ3) is 1.51. The zero-order valence-corrected chi connectivity index (χ0v) is 5.11. The number of hydrogen-bond donors (Lipinski definition) is 1. The lowest BCUT2D eigenvalue weighted by atomic mass is 10.4. The highest BCUT2D eigenvalue weighted by atomic mass is 16.7. The molecule has 0 aromatic heterocycles. The molecule has 0 radical (unpaired) electrons. The summed E-state index contributed by atoms with van der Waals surface area (Å²) in [4.78, 5) is 10.2. The van der Waals surface area contributed by atoms with Crippen LogP contribution >= 0.6 is 0 Å². The van der Waals surface area contributed by atoms with Gasteiger partial charge in [0, 0.05) is 0 Å². The summed E-state index contributed by atoms with van der Waals surface area (Å²) in [5, 5.41) is 8.38. The van der Waals surface area contributed by atoms with E-state index < -0.39 is 5.97 Å². The first-order valence-electron chi connectivity index (χ1n) is 2.65. The Morgan fingerprint density at radius 3 is 3.20 bits per heavy atom. The van der Waals surface area contributed by atoms with Crippen molar-refractivity contribution in [2.24, 2.45) is 0 Å². The van der Waals surface area contributed by atoms with Crippen LogP contribution in [0.4, 0.5) is 0 Å². The topological polar surface area (TPSA) is 55.8 Å². The van der Waals surface area contributed by atoms with Gasteiger partial charge in [0.05, 0.1) is 6.26 Å². The molecule has 0 aliphatic carbocycles. The van der Waals surface area contributed by atoms with Crippen LogP contribution in [0.25, 0.3) is 0 Å². The van der Waals surface area contributed by atoms with Crippen LogP contribution in [0.5, 0.6) is 0 Å². The molecule has 0 amide bonds. The fraction of sp³-hybridized carbons (Fsp3) is 0.167. The number of carboxylic acids is 1. The van der Waals surface area contributed by atoms with E-state index in [2.05, 4.69) is 9.47 Å². The first-order valence-corrected chi connectivity index (χ1v) is 2.65. The van der Waals surface area contributed by atoms with Gasteiger partial charge in [0.25, 0.3) is 0 Å². The van der Waals surface area contributed by atoms with Gasteiger partial charge >= 0.3 is 5.97 Å². The van der Waals surface area contributed by atoms with Crippen molar-refractivity contribution < 1.29 is 19.4 Å². The van der Waals surface area contributed by atoms with Gasteiger partial charge < -0.3 is 14.6 Å². The molecule has 0 saturated carbocycles. The van der Waals surface area contributed by atoms with Crippen LogP contribution in [0.3, 0.4) is 0 Å². The van der Waals surface area contributed by atoms with E-state index in [1.165, 1.54) is 18.4 Å². The van der Waals surface area contributed by atoms with Gasteiger partial charge in [-0.05, 0) is 12.2 Å². The first kappa shape index (κ1) is 6.67. The lowest BCUT2D eigenvalue weighted by Gasteiger charge is -2.01. The highest BCUT2D eigenvalue weighted by Gasteiger charge is 2.07. The molecule has 4 nitrogen and oxygen atoms in total. The molecule has 54 valence electrons. The van der Waals surface area contributed by atoms with Gasteiger partial charge in [0.15, 0.2) is 0 Å². The summed E-state index contributed by atoms with van der Waals surface area (Å²) >= 11 is 0. The van der Waals surface area contributed by atoms with Crippen LogP contribution in [0.15, 0.2) is 24.2 Å². The van der Waals surface area contributed by atoms with Crippen molar-refractivity contribution in [3.63, 3.8) is 0 Å². The minimum atomic E-state index is -1.09. The Balaban J connectivity index is 2.66. The van der Waals surface area contributed by atoms with E-state index >= 15 is 0 Å². The zero-order valence-electron chi connectivity index (χ0n) is 5.11. The maximum atomic E-state index is 10.2. The number of ether oxygens (including phenoxy) is 2. The molecule has 1 heterocycles. The van der Waals surface area contributed by atoms with Crippen LogP contribution < -0.4 is 0 Å². The summed E-state index contributed by atoms with van der Waals surface area (Å²) in [5.74, 6) is -1.19. The summed E-state index contributed by atoms with van der Waals surface area (Å²) in [7, 11) is 0. The zero-order chi connectivity index (χ0) is 7.40. The molecule has 0 aromatic carbocycles. The van der Waals surface area contributed by atoms with Crippen molar-refractivity contribution >= 4 is 5.97 Å². The molecular formula is C6H6O4. The van der Waals surface area contributed by atoms with Gasteiger partial charge in [0.1, 0.15) is 0 Å². The fourth-order valence-corrected chi connectivity index (χ4v) is 0.500. The Bertz CT molecular complexity index is 192. The van der Waals surface area contributed by atoms with E-state index in [0.29, 0.717) is 0 Å². The second kappa shape index (κ2) is 2.91. The highest BCUT2D eigenvalue weighted by molar-refractivity contribution is 5.84. The van der Waals surface area contributed by atoms with E-state index in [9.17, 15) is 4.79 Å². The number of rotatable bonds is 1. The maximum absolute atomic E-state index is 10.2. The minimum absolute atomic E-state index is 0.0470. The van der Waals surface area contributed by atoms with Crippen LogP contribution in [-0.4, -0.2) is 17.9 Å². The average molecular weight is 142 g/mol.